The molecule has 12 rings (SSSR count). The van der Waals surface area contributed by atoms with E-state index in [1.165, 1.54) is 55.3 Å². The summed E-state index contributed by atoms with van der Waals surface area (Å²) in [6.07, 6.45) is 0. The molecule has 0 saturated heterocycles. The smallest absolute Gasteiger partial charge is 0.0465 e. The highest BCUT2D eigenvalue weighted by Gasteiger charge is 2.46. The molecule has 0 amide bonds. The predicted octanol–water partition coefficient (Wildman–Crippen LogP) is 17.9. The zero-order chi connectivity index (χ0) is 45.3. The number of nitrogens with zero attached hydrogens (tertiary/aromatic N) is 3. The van der Waals surface area contributed by atoms with Gasteiger partial charge in [-0.3, -0.25) is 0 Å². The quantitative estimate of drug-likeness (QED) is 0.143. The Morgan fingerprint density at radius 3 is 1.09 bits per heavy atom. The Kier molecular flexibility index (Phi) is 9.51. The van der Waals surface area contributed by atoms with E-state index in [4.69, 9.17) is 0 Å². The summed E-state index contributed by atoms with van der Waals surface area (Å²) in [7, 11) is 0. The second-order valence-corrected chi connectivity index (χ2v) is 19.0. The number of hydrogen-bond acceptors (Lipinski definition) is 3. The lowest BCUT2D eigenvalue weighted by Gasteiger charge is -2.32. The largest absolute Gasteiger partial charge is 0.311 e. The van der Waals surface area contributed by atoms with Crippen molar-refractivity contribution in [2.75, 3.05) is 14.7 Å². The standard InChI is InChI=1S/C64H51N3/c1-63(2)58-42-29-44-19-17-18-28-54(44)60(58)57-41-40-56-55-39-38-53(43-59(55)64(3,4)61(56)62(57)63)67(51-34-30-49(31-35-51)65(45-20-9-5-10-21-45)46-22-11-6-12-23-46)52-36-32-50(33-37-52)66(47-24-13-7-14-25-47)48-26-15-8-16-27-48/h5-43H,1-4H3. The van der Waals surface area contributed by atoms with E-state index in [1.54, 1.807) is 0 Å². The summed E-state index contributed by atoms with van der Waals surface area (Å²) in [5.41, 5.74) is 20.6. The van der Waals surface area contributed by atoms with E-state index < -0.39 is 0 Å². The van der Waals surface area contributed by atoms with Crippen LogP contribution in [0.4, 0.5) is 51.2 Å². The van der Waals surface area contributed by atoms with Crippen LogP contribution in [-0.4, -0.2) is 0 Å². The third kappa shape index (κ3) is 6.56. The Bertz CT molecular complexity index is 3230. The van der Waals surface area contributed by atoms with Gasteiger partial charge in [0.05, 0.1) is 0 Å². The van der Waals surface area contributed by atoms with Crippen molar-refractivity contribution < 1.29 is 0 Å². The van der Waals surface area contributed by atoms with Crippen LogP contribution in [-0.2, 0) is 10.8 Å². The van der Waals surface area contributed by atoms with E-state index in [2.05, 4.69) is 279 Å². The molecular formula is C64H51N3. The van der Waals surface area contributed by atoms with Gasteiger partial charge in [-0.1, -0.05) is 155 Å². The van der Waals surface area contributed by atoms with Gasteiger partial charge in [-0.15, -0.1) is 0 Å². The third-order valence-electron chi connectivity index (χ3n) is 14.3. The average Bonchev–Trinajstić information content (AvgIpc) is 3.75. The van der Waals surface area contributed by atoms with Crippen molar-refractivity contribution in [1.29, 1.82) is 0 Å². The first-order valence-corrected chi connectivity index (χ1v) is 23.4. The minimum atomic E-state index is -0.252. The lowest BCUT2D eigenvalue weighted by Crippen LogP contribution is -2.24. The molecule has 0 atom stereocenters. The van der Waals surface area contributed by atoms with Gasteiger partial charge >= 0.3 is 0 Å². The number of benzene rings is 10. The maximum atomic E-state index is 2.47. The summed E-state index contributed by atoms with van der Waals surface area (Å²) in [5, 5.41) is 2.63. The van der Waals surface area contributed by atoms with Crippen LogP contribution in [0.2, 0.25) is 0 Å². The third-order valence-corrected chi connectivity index (χ3v) is 14.3. The molecule has 3 heteroatoms. The van der Waals surface area contributed by atoms with E-state index in [0.29, 0.717) is 0 Å². The van der Waals surface area contributed by atoms with Crippen molar-refractivity contribution in [3.8, 4) is 22.3 Å². The fourth-order valence-corrected chi connectivity index (χ4v) is 11.3. The van der Waals surface area contributed by atoms with Gasteiger partial charge in [0.2, 0.25) is 0 Å². The summed E-state index contributed by atoms with van der Waals surface area (Å²) >= 11 is 0. The summed E-state index contributed by atoms with van der Waals surface area (Å²) < 4.78 is 0. The molecule has 0 radical (unpaired) electrons. The van der Waals surface area contributed by atoms with Crippen molar-refractivity contribution >= 4 is 62.0 Å². The van der Waals surface area contributed by atoms with Gasteiger partial charge < -0.3 is 14.7 Å². The molecule has 0 N–H and O–H groups in total. The lowest BCUT2D eigenvalue weighted by atomic mass is 9.72. The summed E-state index contributed by atoms with van der Waals surface area (Å²) in [4.78, 5) is 7.07. The second kappa shape index (κ2) is 15.8. The zero-order valence-electron chi connectivity index (χ0n) is 38.4. The Hall–Kier alpha value is -8.14. The van der Waals surface area contributed by atoms with Crippen LogP contribution in [0.25, 0.3) is 33.0 Å². The molecule has 0 aliphatic heterocycles. The van der Waals surface area contributed by atoms with Crippen LogP contribution in [0.1, 0.15) is 49.9 Å². The Morgan fingerprint density at radius 1 is 0.269 bits per heavy atom. The number of fused-ring (bicyclic) bond motifs is 9. The lowest BCUT2D eigenvalue weighted by molar-refractivity contribution is 0.601. The van der Waals surface area contributed by atoms with Crippen LogP contribution in [0.15, 0.2) is 237 Å². The summed E-state index contributed by atoms with van der Waals surface area (Å²) in [5.74, 6) is 0. The van der Waals surface area contributed by atoms with Gasteiger partial charge in [-0.25, -0.2) is 0 Å². The maximum absolute atomic E-state index is 2.47. The highest BCUT2D eigenvalue weighted by Crippen LogP contribution is 2.60. The summed E-state index contributed by atoms with van der Waals surface area (Å²) in [6, 6.07) is 86.1. The van der Waals surface area contributed by atoms with Gasteiger partial charge in [-0.05, 0) is 164 Å². The van der Waals surface area contributed by atoms with E-state index in [1.807, 2.05) is 0 Å². The molecule has 0 bridgehead atoms. The Balaban J connectivity index is 0.991. The number of para-hydroxylation sites is 4. The van der Waals surface area contributed by atoms with E-state index >= 15 is 0 Å². The fourth-order valence-electron chi connectivity index (χ4n) is 11.3. The van der Waals surface area contributed by atoms with Crippen LogP contribution in [0, 0.1) is 0 Å². The highest BCUT2D eigenvalue weighted by molar-refractivity contribution is 6.04. The number of rotatable bonds is 9. The van der Waals surface area contributed by atoms with Gasteiger partial charge in [-0.2, -0.15) is 0 Å². The van der Waals surface area contributed by atoms with Crippen LogP contribution in [0.5, 0.6) is 0 Å². The highest BCUT2D eigenvalue weighted by atomic mass is 15.2. The van der Waals surface area contributed by atoms with E-state index in [9.17, 15) is 0 Å². The molecule has 0 spiro atoms. The average molecular weight is 862 g/mol. The minimum absolute atomic E-state index is 0.154. The molecule has 0 heterocycles. The predicted molar refractivity (Wildman–Crippen MR) is 283 cm³/mol. The van der Waals surface area contributed by atoms with E-state index in [0.717, 1.165) is 51.2 Å². The fraction of sp³-hybridized carbons (Fsp3) is 0.0938. The Morgan fingerprint density at radius 2 is 0.612 bits per heavy atom. The van der Waals surface area contributed by atoms with Crippen LogP contribution < -0.4 is 14.7 Å². The molecule has 0 fully saturated rings. The first-order valence-electron chi connectivity index (χ1n) is 23.4. The first-order chi connectivity index (χ1) is 32.8. The van der Waals surface area contributed by atoms with Gasteiger partial charge in [0.15, 0.2) is 0 Å². The number of hydrogen-bond donors (Lipinski definition) is 0. The van der Waals surface area contributed by atoms with Crippen molar-refractivity contribution in [2.45, 2.75) is 38.5 Å². The van der Waals surface area contributed by atoms with Crippen LogP contribution in [0.3, 0.4) is 0 Å². The topological polar surface area (TPSA) is 9.72 Å². The molecule has 2 aliphatic rings. The maximum Gasteiger partial charge on any atom is 0.0465 e. The van der Waals surface area contributed by atoms with Crippen molar-refractivity contribution in [3.63, 3.8) is 0 Å². The molecule has 0 unspecified atom stereocenters. The Labute approximate surface area is 394 Å². The van der Waals surface area contributed by atoms with Crippen molar-refractivity contribution in [3.05, 3.63) is 259 Å². The van der Waals surface area contributed by atoms with Gasteiger partial charge in [0, 0.05) is 62.0 Å². The van der Waals surface area contributed by atoms with E-state index in [-0.39, 0.29) is 10.8 Å². The molecule has 67 heavy (non-hydrogen) atoms. The van der Waals surface area contributed by atoms with Gasteiger partial charge in [0.25, 0.3) is 0 Å². The molecule has 10 aromatic carbocycles. The summed E-state index contributed by atoms with van der Waals surface area (Å²) in [6.45, 7) is 9.74. The SMILES string of the molecule is CC1(C)c2cc(N(c3ccc(N(c4ccccc4)c4ccccc4)cc3)c3ccc(N(c4ccccc4)c4ccccc4)cc3)ccc2-c2ccc3c(c21)C(C)(C)c1ccc2ccccc2c1-3. The molecule has 10 aromatic rings. The normalized spacial score (nSPS) is 13.6. The van der Waals surface area contributed by atoms with Gasteiger partial charge in [0.1, 0.15) is 0 Å². The number of anilines is 9. The molecule has 3 nitrogen and oxygen atoms in total. The van der Waals surface area contributed by atoms with Crippen LogP contribution >= 0.6 is 0 Å². The van der Waals surface area contributed by atoms with Crippen molar-refractivity contribution in [1.82, 2.24) is 0 Å². The zero-order valence-corrected chi connectivity index (χ0v) is 38.4. The molecule has 322 valence electrons. The van der Waals surface area contributed by atoms with Crippen molar-refractivity contribution in [2.24, 2.45) is 0 Å². The minimum Gasteiger partial charge on any atom is -0.311 e. The first kappa shape index (κ1) is 40.4. The molecule has 2 aliphatic carbocycles. The molecular weight excluding hydrogens is 811 g/mol. The second-order valence-electron chi connectivity index (χ2n) is 19.0. The molecule has 0 aromatic heterocycles. The monoisotopic (exact) mass is 861 g/mol. The molecule has 0 saturated carbocycles.